The molecule has 1 rings (SSSR count). The number of rotatable bonds is 4. The predicted octanol–water partition coefficient (Wildman–Crippen LogP) is 2.87. The second-order valence-electron chi connectivity index (χ2n) is 2.91. The Morgan fingerprint density at radius 3 is 2.64 bits per heavy atom. The lowest BCUT2D eigenvalue weighted by atomic mass is 10.1. The molecule has 0 saturated carbocycles. The van der Waals surface area contributed by atoms with Crippen molar-refractivity contribution in [2.45, 2.75) is 19.4 Å². The van der Waals surface area contributed by atoms with Gasteiger partial charge in [-0.3, -0.25) is 4.79 Å². The summed E-state index contributed by atoms with van der Waals surface area (Å²) in [6.45, 7) is 5.42. The van der Waals surface area contributed by atoms with E-state index in [1.165, 1.54) is 0 Å². The Hall–Kier alpha value is -1.57. The summed E-state index contributed by atoms with van der Waals surface area (Å²) in [4.78, 5) is 11.1. The first-order valence-electron chi connectivity index (χ1n) is 4.65. The summed E-state index contributed by atoms with van der Waals surface area (Å²) >= 11 is 0. The van der Waals surface area contributed by atoms with Gasteiger partial charge in [0.15, 0.2) is 0 Å². The lowest BCUT2D eigenvalue weighted by molar-refractivity contribution is -0.146. The molecule has 0 saturated heterocycles. The van der Waals surface area contributed by atoms with Gasteiger partial charge >= 0.3 is 5.97 Å². The maximum atomic E-state index is 11.1. The molecule has 0 spiro atoms. The molecule has 0 fully saturated rings. The van der Waals surface area contributed by atoms with Crippen LogP contribution in [-0.4, -0.2) is 5.97 Å². The highest BCUT2D eigenvalue weighted by molar-refractivity contribution is 5.69. The monoisotopic (exact) mass is 190 g/mol. The summed E-state index contributed by atoms with van der Waals surface area (Å²) in [7, 11) is 0. The van der Waals surface area contributed by atoms with E-state index in [9.17, 15) is 4.79 Å². The zero-order chi connectivity index (χ0) is 10.4. The van der Waals surface area contributed by atoms with E-state index in [-0.39, 0.29) is 12.1 Å². The van der Waals surface area contributed by atoms with Crippen LogP contribution in [0.25, 0.3) is 0 Å². The molecule has 1 atom stereocenters. The number of esters is 1. The number of hydrogen-bond donors (Lipinski definition) is 0. The number of ether oxygens (including phenoxy) is 1. The molecule has 1 aromatic rings. The highest BCUT2D eigenvalue weighted by Crippen LogP contribution is 2.18. The van der Waals surface area contributed by atoms with Gasteiger partial charge in [0.25, 0.3) is 0 Å². The Morgan fingerprint density at radius 1 is 1.50 bits per heavy atom. The zero-order valence-corrected chi connectivity index (χ0v) is 8.27. The number of carbonyl (C=O) groups is 1. The van der Waals surface area contributed by atoms with Gasteiger partial charge in [0.2, 0.25) is 0 Å². The fourth-order valence-electron chi connectivity index (χ4n) is 1.12. The quantitative estimate of drug-likeness (QED) is 0.539. The maximum Gasteiger partial charge on any atom is 0.306 e. The van der Waals surface area contributed by atoms with Gasteiger partial charge in [-0.15, -0.1) is 0 Å². The van der Waals surface area contributed by atoms with Gasteiger partial charge < -0.3 is 4.74 Å². The Bertz CT molecular complexity index is 303. The van der Waals surface area contributed by atoms with Gasteiger partial charge in [-0.1, -0.05) is 43.8 Å². The summed E-state index contributed by atoms with van der Waals surface area (Å²) in [5.41, 5.74) is 0.948. The standard InChI is InChI=1S/C12H14O2/c1-3-11(14-12(13)4-2)10-8-6-5-7-9-10/h3,5-9,11H,1,4H2,2H3/t11-/m1/s1. The number of benzene rings is 1. The van der Waals surface area contributed by atoms with Crippen LogP contribution in [0.4, 0.5) is 0 Å². The molecule has 0 unspecified atom stereocenters. The van der Waals surface area contributed by atoms with Crippen LogP contribution in [0, 0.1) is 0 Å². The topological polar surface area (TPSA) is 26.3 Å². The van der Waals surface area contributed by atoms with Crippen molar-refractivity contribution in [1.29, 1.82) is 0 Å². The highest BCUT2D eigenvalue weighted by Gasteiger charge is 2.10. The minimum Gasteiger partial charge on any atom is -0.453 e. The van der Waals surface area contributed by atoms with Gasteiger partial charge in [0.05, 0.1) is 0 Å². The Morgan fingerprint density at radius 2 is 2.14 bits per heavy atom. The van der Waals surface area contributed by atoms with Gasteiger partial charge in [-0.05, 0) is 11.6 Å². The molecule has 2 heteroatoms. The van der Waals surface area contributed by atoms with Crippen molar-refractivity contribution < 1.29 is 9.53 Å². The molecule has 2 nitrogen and oxygen atoms in total. The first-order valence-corrected chi connectivity index (χ1v) is 4.65. The SMILES string of the molecule is C=C[C@@H](OC(=O)CC)c1ccccc1. The third-order valence-corrected chi connectivity index (χ3v) is 1.89. The van der Waals surface area contributed by atoms with Crippen LogP contribution in [-0.2, 0) is 9.53 Å². The molecule has 0 aromatic heterocycles. The van der Waals surface area contributed by atoms with Crippen LogP contribution in [0.5, 0.6) is 0 Å². The van der Waals surface area contributed by atoms with Crippen molar-refractivity contribution in [2.75, 3.05) is 0 Å². The molecule has 0 bridgehead atoms. The summed E-state index contributed by atoms with van der Waals surface area (Å²) in [6.07, 6.45) is 1.68. The lowest BCUT2D eigenvalue weighted by Gasteiger charge is -2.13. The smallest absolute Gasteiger partial charge is 0.306 e. The van der Waals surface area contributed by atoms with E-state index < -0.39 is 0 Å². The largest absolute Gasteiger partial charge is 0.453 e. The Kier molecular flexibility index (Phi) is 3.92. The fourth-order valence-corrected chi connectivity index (χ4v) is 1.12. The third kappa shape index (κ3) is 2.73. The van der Waals surface area contributed by atoms with Crippen molar-refractivity contribution >= 4 is 5.97 Å². The minimum atomic E-state index is -0.330. The van der Waals surface area contributed by atoms with Crippen LogP contribution in [0.15, 0.2) is 43.0 Å². The van der Waals surface area contributed by atoms with E-state index >= 15 is 0 Å². The van der Waals surface area contributed by atoms with Gasteiger partial charge in [0, 0.05) is 6.42 Å². The van der Waals surface area contributed by atoms with E-state index in [2.05, 4.69) is 6.58 Å². The molecule has 0 aliphatic heterocycles. The van der Waals surface area contributed by atoms with Crippen molar-refractivity contribution in [3.63, 3.8) is 0 Å². The van der Waals surface area contributed by atoms with Crippen molar-refractivity contribution in [3.8, 4) is 0 Å². The molecule has 0 amide bonds. The van der Waals surface area contributed by atoms with E-state index in [1.54, 1.807) is 13.0 Å². The van der Waals surface area contributed by atoms with Crippen LogP contribution < -0.4 is 0 Å². The Balaban J connectivity index is 2.73. The molecule has 0 heterocycles. The average molecular weight is 190 g/mol. The molecule has 0 aliphatic rings. The van der Waals surface area contributed by atoms with Crippen molar-refractivity contribution in [3.05, 3.63) is 48.6 Å². The molecule has 1 aromatic carbocycles. The summed E-state index contributed by atoms with van der Waals surface area (Å²) < 4.78 is 5.18. The molecular weight excluding hydrogens is 176 g/mol. The normalized spacial score (nSPS) is 11.8. The molecule has 0 radical (unpaired) electrons. The minimum absolute atomic E-state index is 0.209. The molecule has 74 valence electrons. The van der Waals surface area contributed by atoms with E-state index in [1.807, 2.05) is 30.3 Å². The van der Waals surface area contributed by atoms with Crippen molar-refractivity contribution in [2.24, 2.45) is 0 Å². The summed E-state index contributed by atoms with van der Waals surface area (Å²) in [5, 5.41) is 0. The lowest BCUT2D eigenvalue weighted by Crippen LogP contribution is -2.07. The van der Waals surface area contributed by atoms with Crippen molar-refractivity contribution in [1.82, 2.24) is 0 Å². The zero-order valence-electron chi connectivity index (χ0n) is 8.27. The van der Waals surface area contributed by atoms with Gasteiger partial charge in [-0.25, -0.2) is 0 Å². The van der Waals surface area contributed by atoms with Gasteiger partial charge in [0.1, 0.15) is 6.10 Å². The fraction of sp³-hybridized carbons (Fsp3) is 0.250. The first-order chi connectivity index (χ1) is 6.77. The second-order valence-corrected chi connectivity index (χ2v) is 2.91. The second kappa shape index (κ2) is 5.22. The number of hydrogen-bond acceptors (Lipinski definition) is 2. The summed E-state index contributed by atoms with van der Waals surface area (Å²) in [6, 6.07) is 9.56. The molecule has 0 aliphatic carbocycles. The highest BCUT2D eigenvalue weighted by atomic mass is 16.5. The number of carbonyl (C=O) groups excluding carboxylic acids is 1. The van der Waals surface area contributed by atoms with Crippen LogP contribution in [0.2, 0.25) is 0 Å². The summed E-state index contributed by atoms with van der Waals surface area (Å²) in [5.74, 6) is -0.209. The van der Waals surface area contributed by atoms with Gasteiger partial charge in [-0.2, -0.15) is 0 Å². The first kappa shape index (κ1) is 10.5. The van der Waals surface area contributed by atoms with E-state index in [0.29, 0.717) is 6.42 Å². The maximum absolute atomic E-state index is 11.1. The van der Waals surface area contributed by atoms with Crippen LogP contribution in [0.3, 0.4) is 0 Å². The van der Waals surface area contributed by atoms with Crippen LogP contribution >= 0.6 is 0 Å². The Labute approximate surface area is 84.2 Å². The molecule has 14 heavy (non-hydrogen) atoms. The average Bonchev–Trinajstić information content (AvgIpc) is 2.26. The van der Waals surface area contributed by atoms with Crippen LogP contribution in [0.1, 0.15) is 25.0 Å². The molecule has 0 N–H and O–H groups in total. The molecular formula is C12H14O2. The third-order valence-electron chi connectivity index (χ3n) is 1.89. The van der Waals surface area contributed by atoms with E-state index in [0.717, 1.165) is 5.56 Å². The predicted molar refractivity (Wildman–Crippen MR) is 55.8 cm³/mol. The van der Waals surface area contributed by atoms with E-state index in [4.69, 9.17) is 4.74 Å².